The highest BCUT2D eigenvalue weighted by Crippen LogP contribution is 2.26. The smallest absolute Gasteiger partial charge is 0.0950 e. The van der Waals surface area contributed by atoms with Gasteiger partial charge in [0.15, 0.2) is 0 Å². The number of aryl methyl sites for hydroxylation is 1. The van der Waals surface area contributed by atoms with Gasteiger partial charge in [0.2, 0.25) is 0 Å². The summed E-state index contributed by atoms with van der Waals surface area (Å²) in [5.41, 5.74) is 0.927. The molecule has 0 saturated carbocycles. The van der Waals surface area contributed by atoms with Crippen LogP contribution < -0.4 is 0 Å². The van der Waals surface area contributed by atoms with E-state index >= 15 is 0 Å². The molecule has 8 heteroatoms. The Morgan fingerprint density at radius 2 is 2.19 bits per heavy atom. The average molecular weight is 310 g/mol. The van der Waals surface area contributed by atoms with Crippen LogP contribution in [0.4, 0.5) is 0 Å². The first-order valence-electron chi connectivity index (χ1n) is 6.97. The SMILES string of the molecule is CN(C)[C@@H]1CN(Cc2nn(C)cc2Cl)C[C@@H]1n1ccnn1. The van der Waals surface area contributed by atoms with Crippen molar-refractivity contribution in [1.82, 2.24) is 34.6 Å². The molecule has 2 aromatic heterocycles. The van der Waals surface area contributed by atoms with Gasteiger partial charge in [0.05, 0.1) is 23.0 Å². The molecule has 0 aliphatic carbocycles. The molecule has 7 nitrogen and oxygen atoms in total. The summed E-state index contributed by atoms with van der Waals surface area (Å²) in [5.74, 6) is 0. The Kier molecular flexibility index (Phi) is 3.97. The van der Waals surface area contributed by atoms with Crippen LogP contribution in [0.25, 0.3) is 0 Å². The number of halogens is 1. The van der Waals surface area contributed by atoms with E-state index in [0.717, 1.165) is 30.4 Å². The number of aromatic nitrogens is 5. The Balaban J connectivity index is 1.75. The quantitative estimate of drug-likeness (QED) is 0.830. The monoisotopic (exact) mass is 309 g/mol. The number of nitrogens with zero attached hydrogens (tertiary/aromatic N) is 7. The molecule has 0 unspecified atom stereocenters. The topological polar surface area (TPSA) is 55.0 Å². The van der Waals surface area contributed by atoms with Crippen LogP contribution in [-0.4, -0.2) is 67.8 Å². The van der Waals surface area contributed by atoms with Crippen molar-refractivity contribution in [3.8, 4) is 0 Å². The van der Waals surface area contributed by atoms with Crippen molar-refractivity contribution < 1.29 is 0 Å². The lowest BCUT2D eigenvalue weighted by atomic mass is 10.1. The molecule has 21 heavy (non-hydrogen) atoms. The Bertz CT molecular complexity index is 592. The highest BCUT2D eigenvalue weighted by molar-refractivity contribution is 6.31. The molecule has 3 heterocycles. The molecule has 0 radical (unpaired) electrons. The number of hydrogen-bond acceptors (Lipinski definition) is 5. The van der Waals surface area contributed by atoms with Crippen LogP contribution in [0.3, 0.4) is 0 Å². The molecule has 0 bridgehead atoms. The molecule has 1 saturated heterocycles. The molecule has 2 aromatic rings. The number of rotatable bonds is 4. The van der Waals surface area contributed by atoms with Crippen LogP contribution in [0.1, 0.15) is 11.7 Å². The maximum atomic E-state index is 6.21. The van der Waals surface area contributed by atoms with Gasteiger partial charge in [-0.15, -0.1) is 5.10 Å². The Morgan fingerprint density at radius 3 is 2.76 bits per heavy atom. The molecular weight excluding hydrogens is 290 g/mol. The van der Waals surface area contributed by atoms with Crippen molar-refractivity contribution in [1.29, 1.82) is 0 Å². The first kappa shape index (κ1) is 14.5. The third-order valence-electron chi connectivity index (χ3n) is 4.01. The summed E-state index contributed by atoms with van der Waals surface area (Å²) in [5, 5.41) is 13.2. The fourth-order valence-electron chi connectivity index (χ4n) is 2.96. The normalized spacial score (nSPS) is 23.3. The van der Waals surface area contributed by atoms with Crippen molar-refractivity contribution in [2.24, 2.45) is 7.05 Å². The standard InChI is InChI=1S/C13H20ClN7/c1-18(2)12-8-20(7-11-10(14)6-19(3)16-11)9-13(12)21-5-4-15-17-21/h4-6,12-13H,7-9H2,1-3H3/t12-,13+/m1/s1. The van der Waals surface area contributed by atoms with E-state index in [0.29, 0.717) is 12.1 Å². The van der Waals surface area contributed by atoms with Gasteiger partial charge in [-0.25, -0.2) is 4.68 Å². The predicted octanol–water partition coefficient (Wildman–Crippen LogP) is 0.652. The highest BCUT2D eigenvalue weighted by atomic mass is 35.5. The predicted molar refractivity (Wildman–Crippen MR) is 80.0 cm³/mol. The van der Waals surface area contributed by atoms with E-state index in [9.17, 15) is 0 Å². The van der Waals surface area contributed by atoms with Crippen LogP contribution in [0.2, 0.25) is 5.02 Å². The first-order chi connectivity index (χ1) is 10.0. The summed E-state index contributed by atoms with van der Waals surface area (Å²) < 4.78 is 3.71. The number of hydrogen-bond donors (Lipinski definition) is 0. The van der Waals surface area contributed by atoms with E-state index in [1.54, 1.807) is 10.9 Å². The van der Waals surface area contributed by atoms with Gasteiger partial charge in [0.1, 0.15) is 0 Å². The van der Waals surface area contributed by atoms with Crippen molar-refractivity contribution >= 4 is 11.6 Å². The molecule has 0 aromatic carbocycles. The van der Waals surface area contributed by atoms with Crippen molar-refractivity contribution in [2.45, 2.75) is 18.6 Å². The second-order valence-electron chi connectivity index (χ2n) is 5.77. The van der Waals surface area contributed by atoms with Gasteiger partial charge in [-0.3, -0.25) is 9.58 Å². The summed E-state index contributed by atoms with van der Waals surface area (Å²) >= 11 is 6.21. The first-order valence-corrected chi connectivity index (χ1v) is 7.35. The van der Waals surface area contributed by atoms with Gasteiger partial charge in [-0.1, -0.05) is 16.8 Å². The molecule has 3 rings (SSSR count). The molecule has 2 atom stereocenters. The average Bonchev–Trinajstić information content (AvgIpc) is 3.10. The fourth-order valence-corrected chi connectivity index (χ4v) is 3.20. The van der Waals surface area contributed by atoms with Gasteiger partial charge in [-0.2, -0.15) is 5.10 Å². The second kappa shape index (κ2) is 5.75. The third-order valence-corrected chi connectivity index (χ3v) is 4.32. The van der Waals surface area contributed by atoms with Gasteiger partial charge >= 0.3 is 0 Å². The Morgan fingerprint density at radius 1 is 1.38 bits per heavy atom. The lowest BCUT2D eigenvalue weighted by Crippen LogP contribution is -2.36. The fraction of sp³-hybridized carbons (Fsp3) is 0.615. The maximum Gasteiger partial charge on any atom is 0.0950 e. The molecule has 1 aliphatic rings. The van der Waals surface area contributed by atoms with Crippen LogP contribution in [-0.2, 0) is 13.6 Å². The molecule has 0 amide bonds. The summed E-state index contributed by atoms with van der Waals surface area (Å²) in [6, 6.07) is 0.694. The van der Waals surface area contributed by atoms with Crippen LogP contribution in [0.5, 0.6) is 0 Å². The molecular formula is C13H20ClN7. The Labute approximate surface area is 129 Å². The molecule has 1 fully saturated rings. The van der Waals surface area contributed by atoms with Crippen LogP contribution in [0, 0.1) is 0 Å². The van der Waals surface area contributed by atoms with Gasteiger partial charge < -0.3 is 4.90 Å². The molecule has 0 spiro atoms. The second-order valence-corrected chi connectivity index (χ2v) is 6.18. The Hall–Kier alpha value is -1.44. The van der Waals surface area contributed by atoms with E-state index in [4.69, 9.17) is 11.6 Å². The minimum absolute atomic E-state index is 0.296. The van der Waals surface area contributed by atoms with Gasteiger partial charge in [-0.05, 0) is 14.1 Å². The van der Waals surface area contributed by atoms with E-state index in [1.165, 1.54) is 0 Å². The highest BCUT2D eigenvalue weighted by Gasteiger charge is 2.36. The van der Waals surface area contributed by atoms with Crippen LogP contribution >= 0.6 is 11.6 Å². The van der Waals surface area contributed by atoms with Crippen molar-refractivity contribution in [3.05, 3.63) is 29.3 Å². The lowest BCUT2D eigenvalue weighted by molar-refractivity contribution is 0.237. The van der Waals surface area contributed by atoms with Gasteiger partial charge in [0.25, 0.3) is 0 Å². The lowest BCUT2D eigenvalue weighted by Gasteiger charge is -2.24. The zero-order valence-electron chi connectivity index (χ0n) is 12.5. The minimum Gasteiger partial charge on any atom is -0.303 e. The third kappa shape index (κ3) is 2.95. The summed E-state index contributed by atoms with van der Waals surface area (Å²) in [4.78, 5) is 4.61. The summed E-state index contributed by atoms with van der Waals surface area (Å²) in [6.07, 6.45) is 5.49. The van der Waals surface area contributed by atoms with Gasteiger partial charge in [0, 0.05) is 45.1 Å². The van der Waals surface area contributed by atoms with Crippen LogP contribution in [0.15, 0.2) is 18.6 Å². The number of likely N-dealkylation sites (N-methyl/N-ethyl adjacent to an activating group) is 1. The minimum atomic E-state index is 0.296. The molecule has 114 valence electrons. The summed E-state index contributed by atoms with van der Waals surface area (Å²) in [7, 11) is 6.10. The maximum absolute atomic E-state index is 6.21. The summed E-state index contributed by atoms with van der Waals surface area (Å²) in [6.45, 7) is 2.64. The molecule has 0 N–H and O–H groups in total. The van der Waals surface area contributed by atoms with Crippen molar-refractivity contribution in [2.75, 3.05) is 27.2 Å². The van der Waals surface area contributed by atoms with E-state index in [1.807, 2.05) is 24.1 Å². The zero-order valence-corrected chi connectivity index (χ0v) is 13.3. The number of likely N-dealkylation sites (tertiary alicyclic amines) is 1. The van der Waals surface area contributed by atoms with E-state index in [2.05, 4.69) is 39.3 Å². The van der Waals surface area contributed by atoms with E-state index in [-0.39, 0.29) is 0 Å². The van der Waals surface area contributed by atoms with E-state index < -0.39 is 0 Å². The van der Waals surface area contributed by atoms with Crippen molar-refractivity contribution in [3.63, 3.8) is 0 Å². The molecule has 1 aliphatic heterocycles. The zero-order chi connectivity index (χ0) is 15.0. The largest absolute Gasteiger partial charge is 0.303 e.